The van der Waals surface area contributed by atoms with Crippen LogP contribution in [0.4, 0.5) is 0 Å². The Balaban J connectivity index is 2.23. The number of nitrogens with one attached hydrogen (secondary N) is 1. The molecule has 1 fully saturated rings. The molecule has 0 radical (unpaired) electrons. The van der Waals surface area contributed by atoms with Gasteiger partial charge < -0.3 is 5.32 Å². The van der Waals surface area contributed by atoms with Crippen molar-refractivity contribution in [1.29, 1.82) is 0 Å². The fraction of sp³-hybridized carbons (Fsp3) is 0.692. The summed E-state index contributed by atoms with van der Waals surface area (Å²) in [4.78, 5) is 1.59. The summed E-state index contributed by atoms with van der Waals surface area (Å²) in [6.45, 7) is 6.86. The molecule has 1 aliphatic carbocycles. The molecule has 2 rings (SSSR count). The molecular formula is C13H21NS. The summed E-state index contributed by atoms with van der Waals surface area (Å²) in [7, 11) is 0. The van der Waals surface area contributed by atoms with Gasteiger partial charge in [0, 0.05) is 16.8 Å². The molecule has 1 N–H and O–H groups in total. The van der Waals surface area contributed by atoms with Gasteiger partial charge in [-0.3, -0.25) is 0 Å². The summed E-state index contributed by atoms with van der Waals surface area (Å²) in [5, 5.41) is 5.77. The lowest BCUT2D eigenvalue weighted by Gasteiger charge is -2.33. The zero-order valence-corrected chi connectivity index (χ0v) is 10.6. The maximum absolute atomic E-state index is 3.56. The number of likely N-dealkylation sites (N-methyl/N-ethyl adjacent to an activating group) is 1. The third-order valence-corrected chi connectivity index (χ3v) is 5.00. The zero-order chi connectivity index (χ0) is 10.7. The first-order valence-corrected chi connectivity index (χ1v) is 6.92. The van der Waals surface area contributed by atoms with E-state index in [1.807, 2.05) is 11.3 Å². The van der Waals surface area contributed by atoms with Crippen LogP contribution in [-0.4, -0.2) is 13.1 Å². The molecule has 2 unspecified atom stereocenters. The van der Waals surface area contributed by atoms with Crippen LogP contribution in [0.3, 0.4) is 0 Å². The summed E-state index contributed by atoms with van der Waals surface area (Å²) >= 11 is 1.93. The van der Waals surface area contributed by atoms with Crippen LogP contribution >= 0.6 is 11.3 Å². The minimum Gasteiger partial charge on any atom is -0.316 e. The van der Waals surface area contributed by atoms with Gasteiger partial charge in [0.05, 0.1) is 0 Å². The Morgan fingerprint density at radius 1 is 1.60 bits per heavy atom. The van der Waals surface area contributed by atoms with Crippen LogP contribution in [0.1, 0.15) is 38.0 Å². The van der Waals surface area contributed by atoms with Crippen molar-refractivity contribution in [2.45, 2.75) is 38.5 Å². The van der Waals surface area contributed by atoms with E-state index in [2.05, 4.69) is 36.7 Å². The van der Waals surface area contributed by atoms with E-state index in [4.69, 9.17) is 0 Å². The topological polar surface area (TPSA) is 12.0 Å². The molecule has 0 aliphatic heterocycles. The maximum Gasteiger partial charge on any atom is 0.0197 e. The van der Waals surface area contributed by atoms with Crippen molar-refractivity contribution >= 4 is 11.3 Å². The molecule has 2 heteroatoms. The van der Waals surface area contributed by atoms with Gasteiger partial charge in [0.1, 0.15) is 0 Å². The predicted molar refractivity (Wildman–Crippen MR) is 67.6 cm³/mol. The van der Waals surface area contributed by atoms with Crippen molar-refractivity contribution in [3.63, 3.8) is 0 Å². The number of hydrogen-bond acceptors (Lipinski definition) is 2. The lowest BCUT2D eigenvalue weighted by molar-refractivity contribution is 0.326. The molecule has 0 spiro atoms. The molecule has 2 atom stereocenters. The van der Waals surface area contributed by atoms with E-state index in [1.54, 1.807) is 4.88 Å². The van der Waals surface area contributed by atoms with Gasteiger partial charge in [-0.2, -0.15) is 0 Å². The van der Waals surface area contributed by atoms with Gasteiger partial charge in [-0.25, -0.2) is 0 Å². The summed E-state index contributed by atoms with van der Waals surface area (Å²) in [5.41, 5.74) is 0.435. The summed E-state index contributed by atoms with van der Waals surface area (Å²) in [6, 6.07) is 4.52. The van der Waals surface area contributed by atoms with Gasteiger partial charge in [-0.1, -0.05) is 26.3 Å². The van der Waals surface area contributed by atoms with Crippen LogP contribution in [0, 0.1) is 5.92 Å². The Morgan fingerprint density at radius 2 is 2.47 bits per heavy atom. The number of hydrogen-bond donors (Lipinski definition) is 1. The average molecular weight is 223 g/mol. The average Bonchev–Trinajstić information content (AvgIpc) is 2.85. The van der Waals surface area contributed by atoms with Gasteiger partial charge in [-0.15, -0.1) is 11.3 Å². The Labute approximate surface area is 96.9 Å². The highest BCUT2D eigenvalue weighted by Crippen LogP contribution is 2.46. The van der Waals surface area contributed by atoms with Crippen LogP contribution in [0.2, 0.25) is 0 Å². The van der Waals surface area contributed by atoms with Crippen molar-refractivity contribution in [2.24, 2.45) is 5.92 Å². The van der Waals surface area contributed by atoms with Crippen molar-refractivity contribution in [1.82, 2.24) is 5.32 Å². The highest BCUT2D eigenvalue weighted by atomic mass is 32.1. The fourth-order valence-electron chi connectivity index (χ4n) is 2.87. The van der Waals surface area contributed by atoms with E-state index < -0.39 is 0 Å². The normalized spacial score (nSPS) is 30.9. The Bertz CT molecular complexity index is 293. The maximum atomic E-state index is 3.56. The minimum atomic E-state index is 0.435. The monoisotopic (exact) mass is 223 g/mol. The Hall–Kier alpha value is -0.340. The Kier molecular flexibility index (Phi) is 3.47. The van der Waals surface area contributed by atoms with E-state index in [0.29, 0.717) is 5.41 Å². The second-order valence-corrected chi connectivity index (χ2v) is 5.65. The highest BCUT2D eigenvalue weighted by molar-refractivity contribution is 7.10. The lowest BCUT2D eigenvalue weighted by Crippen LogP contribution is -2.39. The van der Waals surface area contributed by atoms with E-state index in [-0.39, 0.29) is 0 Å². The van der Waals surface area contributed by atoms with Crippen LogP contribution in [-0.2, 0) is 5.41 Å². The standard InChI is InChI=1S/C13H21NS/c1-3-14-10-13(8-4-6-11(13)2)12-7-5-9-15-12/h5,7,9,11,14H,3-4,6,8,10H2,1-2H3. The number of rotatable bonds is 4. The first-order valence-electron chi connectivity index (χ1n) is 6.04. The van der Waals surface area contributed by atoms with Gasteiger partial charge >= 0.3 is 0 Å². The molecule has 1 aromatic rings. The summed E-state index contributed by atoms with van der Waals surface area (Å²) in [5.74, 6) is 0.829. The van der Waals surface area contributed by atoms with E-state index in [1.165, 1.54) is 19.3 Å². The molecule has 15 heavy (non-hydrogen) atoms. The second-order valence-electron chi connectivity index (χ2n) is 4.71. The molecule has 0 bridgehead atoms. The first kappa shape index (κ1) is 11.2. The van der Waals surface area contributed by atoms with Crippen LogP contribution in [0.25, 0.3) is 0 Å². The first-order chi connectivity index (χ1) is 7.29. The molecule has 84 valence electrons. The quantitative estimate of drug-likeness (QED) is 0.825. The largest absolute Gasteiger partial charge is 0.316 e. The smallest absolute Gasteiger partial charge is 0.0197 e. The lowest BCUT2D eigenvalue weighted by atomic mass is 9.77. The number of thiophene rings is 1. The Morgan fingerprint density at radius 3 is 3.00 bits per heavy atom. The summed E-state index contributed by atoms with van der Waals surface area (Å²) < 4.78 is 0. The van der Waals surface area contributed by atoms with Gasteiger partial charge in [0.25, 0.3) is 0 Å². The molecule has 0 aromatic carbocycles. The fourth-order valence-corrected chi connectivity index (χ4v) is 3.94. The molecule has 1 heterocycles. The molecule has 1 saturated carbocycles. The molecule has 1 aromatic heterocycles. The highest BCUT2D eigenvalue weighted by Gasteiger charge is 2.41. The summed E-state index contributed by atoms with van der Waals surface area (Å²) in [6.07, 6.45) is 4.15. The van der Waals surface area contributed by atoms with E-state index in [9.17, 15) is 0 Å². The molecule has 1 aliphatic rings. The van der Waals surface area contributed by atoms with Gasteiger partial charge in [-0.05, 0) is 36.8 Å². The third kappa shape index (κ3) is 1.98. The minimum absolute atomic E-state index is 0.435. The molecular weight excluding hydrogens is 202 g/mol. The third-order valence-electron chi connectivity index (χ3n) is 3.91. The predicted octanol–water partition coefficient (Wildman–Crippen LogP) is 3.42. The van der Waals surface area contributed by atoms with E-state index in [0.717, 1.165) is 19.0 Å². The molecule has 0 amide bonds. The zero-order valence-electron chi connectivity index (χ0n) is 9.75. The van der Waals surface area contributed by atoms with Crippen LogP contribution < -0.4 is 5.32 Å². The second kappa shape index (κ2) is 4.67. The van der Waals surface area contributed by atoms with Crippen molar-refractivity contribution in [2.75, 3.05) is 13.1 Å². The van der Waals surface area contributed by atoms with Crippen molar-refractivity contribution < 1.29 is 0 Å². The van der Waals surface area contributed by atoms with Crippen LogP contribution in [0.15, 0.2) is 17.5 Å². The van der Waals surface area contributed by atoms with Crippen molar-refractivity contribution in [3.8, 4) is 0 Å². The van der Waals surface area contributed by atoms with Gasteiger partial charge in [0.15, 0.2) is 0 Å². The van der Waals surface area contributed by atoms with Crippen LogP contribution in [0.5, 0.6) is 0 Å². The SMILES string of the molecule is CCNCC1(c2cccs2)CCCC1C. The molecule has 1 nitrogen and oxygen atoms in total. The molecule has 0 saturated heterocycles. The van der Waals surface area contributed by atoms with Crippen molar-refractivity contribution in [3.05, 3.63) is 22.4 Å². The van der Waals surface area contributed by atoms with Gasteiger partial charge in [0.2, 0.25) is 0 Å². The van der Waals surface area contributed by atoms with E-state index >= 15 is 0 Å².